The van der Waals surface area contributed by atoms with Crippen LogP contribution in [-0.4, -0.2) is 34.0 Å². The maximum atomic E-state index is 5.78. The summed E-state index contributed by atoms with van der Waals surface area (Å²) in [6.45, 7) is 3.66. The van der Waals surface area contributed by atoms with Crippen molar-refractivity contribution in [1.82, 2.24) is 15.2 Å². The van der Waals surface area contributed by atoms with Gasteiger partial charge in [0.05, 0.1) is 35.1 Å². The van der Waals surface area contributed by atoms with Gasteiger partial charge >= 0.3 is 0 Å². The number of hydrogen-bond donors (Lipinski definition) is 2. The second-order valence-corrected chi connectivity index (χ2v) is 5.83. The van der Waals surface area contributed by atoms with Gasteiger partial charge in [0.25, 0.3) is 0 Å². The second-order valence-electron chi connectivity index (χ2n) is 3.82. The molecule has 5 nitrogen and oxygen atoms in total. The molecule has 2 rings (SSSR count). The molecule has 1 aliphatic rings. The summed E-state index contributed by atoms with van der Waals surface area (Å²) in [7, 11) is 0. The highest BCUT2D eigenvalue weighted by Gasteiger charge is 2.29. The summed E-state index contributed by atoms with van der Waals surface area (Å²) in [5.41, 5.74) is 3.92. The van der Waals surface area contributed by atoms with Crippen LogP contribution in [0.15, 0.2) is 10.7 Å². The van der Waals surface area contributed by atoms with E-state index in [0.717, 1.165) is 34.8 Å². The lowest BCUT2D eigenvalue weighted by Crippen LogP contribution is -2.42. The smallest absolute Gasteiger partial charge is 0.0909 e. The molecule has 1 aliphatic heterocycles. The van der Waals surface area contributed by atoms with Crippen LogP contribution in [0.4, 0.5) is 0 Å². The number of rotatable bonds is 4. The lowest BCUT2D eigenvalue weighted by molar-refractivity contribution is 0.0442. The van der Waals surface area contributed by atoms with Gasteiger partial charge in [-0.05, 0) is 22.9 Å². The number of aromatic nitrogens is 2. The predicted molar refractivity (Wildman–Crippen MR) is 72.7 cm³/mol. The highest BCUT2D eigenvalue weighted by Crippen LogP contribution is 2.29. The lowest BCUT2D eigenvalue weighted by atomic mass is 10.1. The Morgan fingerprint density at radius 1 is 1.82 bits per heavy atom. The molecule has 2 unspecified atom stereocenters. The molecule has 2 heterocycles. The molecule has 1 aromatic heterocycles. The van der Waals surface area contributed by atoms with Gasteiger partial charge in [0.1, 0.15) is 0 Å². The summed E-state index contributed by atoms with van der Waals surface area (Å²) in [5, 5.41) is 4.31. The van der Waals surface area contributed by atoms with Crippen LogP contribution in [-0.2, 0) is 11.3 Å². The Labute approximate surface area is 114 Å². The molecule has 0 bridgehead atoms. The van der Waals surface area contributed by atoms with Crippen molar-refractivity contribution < 1.29 is 4.74 Å². The molecular formula is C10H17BrN4OS. The van der Waals surface area contributed by atoms with E-state index in [9.17, 15) is 0 Å². The molecule has 96 valence electrons. The Bertz CT molecular complexity index is 367. The average molecular weight is 321 g/mol. The summed E-state index contributed by atoms with van der Waals surface area (Å²) in [6.07, 6.45) is 1.90. The SMILES string of the molecule is CCn1ncc(Br)c1C(NN)C1CSCCO1. The van der Waals surface area contributed by atoms with Crippen LogP contribution >= 0.6 is 27.7 Å². The van der Waals surface area contributed by atoms with E-state index in [2.05, 4.69) is 33.4 Å². The number of nitrogens with two attached hydrogens (primary N) is 1. The Morgan fingerprint density at radius 2 is 2.65 bits per heavy atom. The molecule has 1 fully saturated rings. The van der Waals surface area contributed by atoms with Gasteiger partial charge in [-0.15, -0.1) is 0 Å². The monoisotopic (exact) mass is 320 g/mol. The molecule has 3 N–H and O–H groups in total. The van der Waals surface area contributed by atoms with Gasteiger partial charge < -0.3 is 4.74 Å². The van der Waals surface area contributed by atoms with Crippen molar-refractivity contribution in [3.8, 4) is 0 Å². The van der Waals surface area contributed by atoms with Gasteiger partial charge in [-0.1, -0.05) is 0 Å². The van der Waals surface area contributed by atoms with Crippen LogP contribution in [0.2, 0.25) is 0 Å². The maximum Gasteiger partial charge on any atom is 0.0909 e. The van der Waals surface area contributed by atoms with Gasteiger partial charge in [-0.25, -0.2) is 5.43 Å². The fourth-order valence-corrected chi connectivity index (χ4v) is 3.44. The molecule has 0 amide bonds. The number of halogens is 1. The van der Waals surface area contributed by atoms with Gasteiger partial charge in [-0.3, -0.25) is 10.5 Å². The predicted octanol–water partition coefficient (Wildman–Crippen LogP) is 1.30. The first-order chi connectivity index (χ1) is 8.27. The van der Waals surface area contributed by atoms with E-state index in [4.69, 9.17) is 10.6 Å². The summed E-state index contributed by atoms with van der Waals surface area (Å²) in [5.74, 6) is 7.70. The Kier molecular flexibility index (Phi) is 4.87. The topological polar surface area (TPSA) is 65.1 Å². The van der Waals surface area contributed by atoms with Crippen molar-refractivity contribution in [2.24, 2.45) is 5.84 Å². The Balaban J connectivity index is 2.23. The molecule has 1 saturated heterocycles. The summed E-state index contributed by atoms with van der Waals surface area (Å²) >= 11 is 5.42. The molecule has 0 spiro atoms. The van der Waals surface area contributed by atoms with Crippen molar-refractivity contribution in [2.45, 2.75) is 25.6 Å². The van der Waals surface area contributed by atoms with E-state index >= 15 is 0 Å². The van der Waals surface area contributed by atoms with Gasteiger partial charge in [-0.2, -0.15) is 16.9 Å². The summed E-state index contributed by atoms with van der Waals surface area (Å²) in [6, 6.07) is -0.0281. The first-order valence-electron chi connectivity index (χ1n) is 5.64. The standard InChI is InChI=1S/C10H17BrN4OS/c1-2-15-10(7(11)5-13-15)9(14-12)8-6-17-4-3-16-8/h5,8-9,14H,2-4,6,12H2,1H3. The summed E-state index contributed by atoms with van der Waals surface area (Å²) in [4.78, 5) is 0. The van der Waals surface area contributed by atoms with E-state index in [1.165, 1.54) is 0 Å². The fraction of sp³-hybridized carbons (Fsp3) is 0.700. The van der Waals surface area contributed by atoms with Crippen LogP contribution in [0.5, 0.6) is 0 Å². The van der Waals surface area contributed by atoms with E-state index in [0.29, 0.717) is 0 Å². The normalized spacial score (nSPS) is 22.6. The van der Waals surface area contributed by atoms with E-state index in [1.54, 1.807) is 6.20 Å². The average Bonchev–Trinajstić information content (AvgIpc) is 2.74. The molecule has 0 aliphatic carbocycles. The highest BCUT2D eigenvalue weighted by molar-refractivity contribution is 9.10. The molecule has 0 radical (unpaired) electrons. The number of aryl methyl sites for hydroxylation is 1. The van der Waals surface area contributed by atoms with E-state index in [-0.39, 0.29) is 12.1 Å². The third kappa shape index (κ3) is 2.85. The second kappa shape index (κ2) is 6.19. The highest BCUT2D eigenvalue weighted by atomic mass is 79.9. The first kappa shape index (κ1) is 13.4. The maximum absolute atomic E-state index is 5.78. The minimum atomic E-state index is -0.0281. The molecule has 2 atom stereocenters. The quantitative estimate of drug-likeness (QED) is 0.646. The van der Waals surface area contributed by atoms with Gasteiger partial charge in [0.2, 0.25) is 0 Å². The molecule has 0 aromatic carbocycles. The van der Waals surface area contributed by atoms with Crippen LogP contribution in [0.3, 0.4) is 0 Å². The number of ether oxygens (including phenoxy) is 1. The van der Waals surface area contributed by atoms with Crippen LogP contribution in [0, 0.1) is 0 Å². The molecule has 1 aromatic rings. The lowest BCUT2D eigenvalue weighted by Gasteiger charge is -2.30. The zero-order chi connectivity index (χ0) is 12.3. The van der Waals surface area contributed by atoms with E-state index < -0.39 is 0 Å². The summed E-state index contributed by atoms with van der Waals surface area (Å²) < 4.78 is 8.70. The minimum Gasteiger partial charge on any atom is -0.374 e. The van der Waals surface area contributed by atoms with Crippen LogP contribution in [0.25, 0.3) is 0 Å². The van der Waals surface area contributed by atoms with Gasteiger partial charge in [0, 0.05) is 18.1 Å². The molecule has 7 heteroatoms. The van der Waals surface area contributed by atoms with Crippen molar-refractivity contribution in [2.75, 3.05) is 18.1 Å². The van der Waals surface area contributed by atoms with Crippen LogP contribution < -0.4 is 11.3 Å². The van der Waals surface area contributed by atoms with Crippen molar-refractivity contribution in [3.63, 3.8) is 0 Å². The third-order valence-corrected chi connectivity index (χ3v) is 4.45. The van der Waals surface area contributed by atoms with Crippen molar-refractivity contribution >= 4 is 27.7 Å². The first-order valence-corrected chi connectivity index (χ1v) is 7.59. The zero-order valence-corrected chi connectivity index (χ0v) is 12.1. The number of nitrogens with zero attached hydrogens (tertiary/aromatic N) is 2. The fourth-order valence-electron chi connectivity index (χ4n) is 1.99. The molecule has 0 saturated carbocycles. The Morgan fingerprint density at radius 3 is 3.24 bits per heavy atom. The molecule has 17 heavy (non-hydrogen) atoms. The number of hydrogen-bond acceptors (Lipinski definition) is 5. The minimum absolute atomic E-state index is 0.0281. The number of thioether (sulfide) groups is 1. The number of hydrazine groups is 1. The molecular weight excluding hydrogens is 304 g/mol. The van der Waals surface area contributed by atoms with Crippen molar-refractivity contribution in [1.29, 1.82) is 0 Å². The van der Waals surface area contributed by atoms with Gasteiger partial charge in [0.15, 0.2) is 0 Å². The largest absolute Gasteiger partial charge is 0.374 e. The van der Waals surface area contributed by atoms with E-state index in [1.807, 2.05) is 16.4 Å². The van der Waals surface area contributed by atoms with Crippen LogP contribution in [0.1, 0.15) is 18.7 Å². The third-order valence-electron chi connectivity index (χ3n) is 2.82. The zero-order valence-electron chi connectivity index (χ0n) is 9.73. The van der Waals surface area contributed by atoms with Crippen molar-refractivity contribution in [3.05, 3.63) is 16.4 Å². The number of nitrogens with one attached hydrogen (secondary N) is 1. The Hall–Kier alpha value is -0.0800.